The number of ether oxygens (including phenoxy) is 1. The Kier molecular flexibility index (Phi) is 5.48. The zero-order valence-corrected chi connectivity index (χ0v) is 6.08. The molecule has 1 N–H and O–H groups in total. The summed E-state index contributed by atoms with van der Waals surface area (Å²) in [7, 11) is 1.57. The van der Waals surface area contributed by atoms with Gasteiger partial charge in [0.1, 0.15) is 5.76 Å². The molecule has 0 aromatic carbocycles. The highest BCUT2D eigenvalue weighted by Crippen LogP contribution is 1.95. The molecule has 0 spiro atoms. The molecule has 0 atom stereocenters. The molecule has 0 saturated heterocycles. The number of aliphatic hydroxyl groups is 1. The lowest BCUT2D eigenvalue weighted by atomic mass is 10.4. The van der Waals surface area contributed by atoms with Crippen molar-refractivity contribution in [2.75, 3.05) is 13.7 Å². The van der Waals surface area contributed by atoms with E-state index in [4.69, 9.17) is 9.84 Å². The molecule has 0 fully saturated rings. The first-order chi connectivity index (χ1) is 4.85. The van der Waals surface area contributed by atoms with E-state index in [1.54, 1.807) is 31.4 Å². The van der Waals surface area contributed by atoms with Crippen LogP contribution in [0.2, 0.25) is 0 Å². The molecular weight excluding hydrogens is 128 g/mol. The molecule has 2 nitrogen and oxygen atoms in total. The smallest absolute Gasteiger partial charge is 0.118 e. The first-order valence-corrected chi connectivity index (χ1v) is 2.99. The van der Waals surface area contributed by atoms with Crippen LogP contribution in [0, 0.1) is 0 Å². The summed E-state index contributed by atoms with van der Waals surface area (Å²) in [5.74, 6) is 0.685. The van der Waals surface area contributed by atoms with Gasteiger partial charge in [-0.3, -0.25) is 0 Å². The molecule has 0 aromatic rings. The van der Waals surface area contributed by atoms with Crippen LogP contribution in [0.4, 0.5) is 0 Å². The van der Waals surface area contributed by atoms with E-state index >= 15 is 0 Å². The Morgan fingerprint density at radius 3 is 2.80 bits per heavy atom. The molecule has 10 heavy (non-hydrogen) atoms. The van der Waals surface area contributed by atoms with Crippen molar-refractivity contribution >= 4 is 0 Å². The van der Waals surface area contributed by atoms with Crippen LogP contribution in [0.15, 0.2) is 36.6 Å². The lowest BCUT2D eigenvalue weighted by Gasteiger charge is -1.94. The molecule has 0 aromatic heterocycles. The maximum atomic E-state index is 8.34. The molecule has 0 heterocycles. The number of aliphatic hydroxyl groups excluding tert-OH is 1. The number of hydrogen-bond donors (Lipinski definition) is 1. The molecule has 56 valence electrons. The highest BCUT2D eigenvalue weighted by molar-refractivity contribution is 5.16. The molecule has 0 bridgehead atoms. The maximum absolute atomic E-state index is 8.34. The standard InChI is InChI=1S/C8H12O2/c1-3-8(10-2)6-4-5-7-9/h3-6,9H,1,7H2,2H3/b5-4+,8-6+. The summed E-state index contributed by atoms with van der Waals surface area (Å²) < 4.78 is 4.86. The predicted octanol–water partition coefficient (Wildman–Crippen LogP) is 1.25. The Labute approximate surface area is 61.1 Å². The molecule has 0 saturated carbocycles. The van der Waals surface area contributed by atoms with Gasteiger partial charge in [0, 0.05) is 0 Å². The second-order valence-electron chi connectivity index (χ2n) is 1.59. The largest absolute Gasteiger partial charge is 0.497 e. The first-order valence-electron chi connectivity index (χ1n) is 2.99. The topological polar surface area (TPSA) is 29.5 Å². The van der Waals surface area contributed by atoms with Gasteiger partial charge < -0.3 is 9.84 Å². The van der Waals surface area contributed by atoms with Crippen molar-refractivity contribution in [3.05, 3.63) is 36.6 Å². The Morgan fingerprint density at radius 1 is 1.70 bits per heavy atom. The van der Waals surface area contributed by atoms with Gasteiger partial charge in [0.25, 0.3) is 0 Å². The number of allylic oxidation sites excluding steroid dienone is 3. The third-order valence-corrected chi connectivity index (χ3v) is 0.939. The summed E-state index contributed by atoms with van der Waals surface area (Å²) in [5.41, 5.74) is 0. The van der Waals surface area contributed by atoms with E-state index in [0.717, 1.165) is 0 Å². The quantitative estimate of drug-likeness (QED) is 0.470. The van der Waals surface area contributed by atoms with Gasteiger partial charge in [-0.05, 0) is 12.2 Å². The molecule has 0 aliphatic heterocycles. The molecule has 0 rings (SSSR count). The summed E-state index contributed by atoms with van der Waals surface area (Å²) in [4.78, 5) is 0. The van der Waals surface area contributed by atoms with Crippen molar-refractivity contribution in [1.29, 1.82) is 0 Å². The fourth-order valence-electron chi connectivity index (χ4n) is 0.443. The van der Waals surface area contributed by atoms with Crippen LogP contribution < -0.4 is 0 Å². The van der Waals surface area contributed by atoms with E-state index in [1.807, 2.05) is 0 Å². The minimum atomic E-state index is 0.0463. The van der Waals surface area contributed by atoms with E-state index in [-0.39, 0.29) is 6.61 Å². The van der Waals surface area contributed by atoms with Crippen LogP contribution in [0.25, 0.3) is 0 Å². The van der Waals surface area contributed by atoms with Crippen LogP contribution in [-0.2, 0) is 4.74 Å². The van der Waals surface area contributed by atoms with E-state index in [1.165, 1.54) is 0 Å². The Balaban J connectivity index is 3.85. The van der Waals surface area contributed by atoms with Crippen molar-refractivity contribution < 1.29 is 9.84 Å². The van der Waals surface area contributed by atoms with Crippen LogP contribution >= 0.6 is 0 Å². The number of hydrogen-bond acceptors (Lipinski definition) is 2. The summed E-state index contributed by atoms with van der Waals surface area (Å²) in [6, 6.07) is 0. The summed E-state index contributed by atoms with van der Waals surface area (Å²) >= 11 is 0. The monoisotopic (exact) mass is 140 g/mol. The van der Waals surface area contributed by atoms with Crippen molar-refractivity contribution in [2.24, 2.45) is 0 Å². The van der Waals surface area contributed by atoms with Gasteiger partial charge in [-0.2, -0.15) is 0 Å². The normalized spacial score (nSPS) is 12.0. The van der Waals surface area contributed by atoms with E-state index in [0.29, 0.717) is 5.76 Å². The molecule has 0 unspecified atom stereocenters. The summed E-state index contributed by atoms with van der Waals surface area (Å²) in [6.45, 7) is 3.57. The second-order valence-corrected chi connectivity index (χ2v) is 1.59. The van der Waals surface area contributed by atoms with Gasteiger partial charge in [0.2, 0.25) is 0 Å². The van der Waals surface area contributed by atoms with Gasteiger partial charge in [0.05, 0.1) is 13.7 Å². The Hall–Kier alpha value is -1.02. The minimum Gasteiger partial charge on any atom is -0.497 e. The molecule has 0 amide bonds. The third kappa shape index (κ3) is 3.92. The van der Waals surface area contributed by atoms with Crippen LogP contribution in [0.1, 0.15) is 0 Å². The fourth-order valence-corrected chi connectivity index (χ4v) is 0.443. The zero-order chi connectivity index (χ0) is 7.82. The SMILES string of the molecule is C=C/C(=C\C=C\CO)OC. The molecule has 0 aliphatic rings. The average Bonchev–Trinajstić information content (AvgIpc) is 1.99. The molecule has 2 heteroatoms. The van der Waals surface area contributed by atoms with Crippen molar-refractivity contribution in [1.82, 2.24) is 0 Å². The summed E-state index contributed by atoms with van der Waals surface area (Å²) in [5, 5.41) is 8.34. The molecule has 0 radical (unpaired) electrons. The Bertz CT molecular complexity index is 145. The fraction of sp³-hybridized carbons (Fsp3) is 0.250. The van der Waals surface area contributed by atoms with E-state index in [2.05, 4.69) is 6.58 Å². The van der Waals surface area contributed by atoms with Crippen LogP contribution in [-0.4, -0.2) is 18.8 Å². The highest BCUT2D eigenvalue weighted by Gasteiger charge is 1.80. The van der Waals surface area contributed by atoms with Crippen molar-refractivity contribution in [2.45, 2.75) is 0 Å². The van der Waals surface area contributed by atoms with E-state index in [9.17, 15) is 0 Å². The second kappa shape index (κ2) is 6.11. The van der Waals surface area contributed by atoms with Crippen LogP contribution in [0.3, 0.4) is 0 Å². The first kappa shape index (κ1) is 8.98. The van der Waals surface area contributed by atoms with Gasteiger partial charge in [-0.1, -0.05) is 18.7 Å². The average molecular weight is 140 g/mol. The minimum absolute atomic E-state index is 0.0463. The van der Waals surface area contributed by atoms with Gasteiger partial charge >= 0.3 is 0 Å². The Morgan fingerprint density at radius 2 is 2.40 bits per heavy atom. The summed E-state index contributed by atoms with van der Waals surface area (Å²) in [6.07, 6.45) is 6.65. The predicted molar refractivity (Wildman–Crippen MR) is 41.5 cm³/mol. The van der Waals surface area contributed by atoms with Gasteiger partial charge in [-0.15, -0.1) is 0 Å². The lowest BCUT2D eigenvalue weighted by Crippen LogP contribution is -1.78. The van der Waals surface area contributed by atoms with Gasteiger partial charge in [0.15, 0.2) is 0 Å². The number of methoxy groups -OCH3 is 1. The van der Waals surface area contributed by atoms with Crippen LogP contribution in [0.5, 0.6) is 0 Å². The number of rotatable bonds is 4. The zero-order valence-electron chi connectivity index (χ0n) is 6.08. The molecular formula is C8H12O2. The van der Waals surface area contributed by atoms with Crippen molar-refractivity contribution in [3.8, 4) is 0 Å². The van der Waals surface area contributed by atoms with Crippen molar-refractivity contribution in [3.63, 3.8) is 0 Å². The highest BCUT2D eigenvalue weighted by atomic mass is 16.5. The van der Waals surface area contributed by atoms with E-state index < -0.39 is 0 Å². The maximum Gasteiger partial charge on any atom is 0.118 e. The lowest BCUT2D eigenvalue weighted by molar-refractivity contribution is 0.307. The van der Waals surface area contributed by atoms with Gasteiger partial charge in [-0.25, -0.2) is 0 Å². The third-order valence-electron chi connectivity index (χ3n) is 0.939. The molecule has 0 aliphatic carbocycles.